The number of carbonyl (C=O) groups excluding carboxylic acids is 1. The molecule has 0 bridgehead atoms. The Balaban J connectivity index is 1.43. The summed E-state index contributed by atoms with van der Waals surface area (Å²) >= 11 is 1.59. The van der Waals surface area contributed by atoms with Crippen molar-refractivity contribution in [1.29, 1.82) is 0 Å². The van der Waals surface area contributed by atoms with Crippen molar-refractivity contribution in [3.63, 3.8) is 0 Å². The average molecular weight is 444 g/mol. The molecule has 0 saturated carbocycles. The Bertz CT molecular complexity index is 929. The summed E-state index contributed by atoms with van der Waals surface area (Å²) < 4.78 is 11.1. The van der Waals surface area contributed by atoms with Gasteiger partial charge in [0.2, 0.25) is 0 Å². The molecule has 0 radical (unpaired) electrons. The summed E-state index contributed by atoms with van der Waals surface area (Å²) in [7, 11) is 3.37. The lowest BCUT2D eigenvalue weighted by Crippen LogP contribution is -2.45. The number of ether oxygens (including phenoxy) is 2. The van der Waals surface area contributed by atoms with Crippen LogP contribution in [0.4, 0.5) is 0 Å². The number of piperidine rings is 1. The molecule has 1 aromatic heterocycles. The number of nitrogens with zero attached hydrogens (tertiary/aromatic N) is 3. The molecule has 168 valence electrons. The van der Waals surface area contributed by atoms with Gasteiger partial charge in [-0.15, -0.1) is 11.3 Å². The molecule has 1 aromatic carbocycles. The van der Waals surface area contributed by atoms with Gasteiger partial charge in [0.1, 0.15) is 5.69 Å². The molecular weight excluding hydrogens is 410 g/mol. The predicted octanol–water partition coefficient (Wildman–Crippen LogP) is 4.41. The van der Waals surface area contributed by atoms with Crippen molar-refractivity contribution in [3.05, 3.63) is 39.8 Å². The molecule has 3 heterocycles. The summed E-state index contributed by atoms with van der Waals surface area (Å²) in [6.45, 7) is 8.79. The van der Waals surface area contributed by atoms with Gasteiger partial charge in [0.15, 0.2) is 11.5 Å². The van der Waals surface area contributed by atoms with Crippen molar-refractivity contribution in [3.8, 4) is 11.5 Å². The second-order valence-electron chi connectivity index (χ2n) is 9.17. The van der Waals surface area contributed by atoms with Gasteiger partial charge >= 0.3 is 0 Å². The lowest BCUT2D eigenvalue weighted by molar-refractivity contribution is 0.0669. The van der Waals surface area contributed by atoms with Gasteiger partial charge in [0.25, 0.3) is 5.91 Å². The molecule has 1 atom stereocenters. The second-order valence-corrected chi connectivity index (χ2v) is 10.1. The van der Waals surface area contributed by atoms with Crippen LogP contribution in [-0.4, -0.2) is 61.1 Å². The third kappa shape index (κ3) is 4.58. The number of aromatic nitrogens is 1. The first kappa shape index (κ1) is 22.1. The smallest absolute Gasteiger partial charge is 0.273 e. The van der Waals surface area contributed by atoms with Crippen LogP contribution in [0.3, 0.4) is 0 Å². The number of carbonyl (C=O) groups is 1. The average Bonchev–Trinajstić information content (AvgIpc) is 3.41. The highest BCUT2D eigenvalue weighted by molar-refractivity contribution is 7.09. The van der Waals surface area contributed by atoms with Crippen LogP contribution in [0.1, 0.15) is 60.1 Å². The fraction of sp³-hybridized carbons (Fsp3) is 0.583. The zero-order chi connectivity index (χ0) is 22.0. The van der Waals surface area contributed by atoms with Gasteiger partial charge in [-0.3, -0.25) is 9.69 Å². The lowest BCUT2D eigenvalue weighted by atomic mass is 9.79. The van der Waals surface area contributed by atoms with E-state index in [1.54, 1.807) is 25.6 Å². The van der Waals surface area contributed by atoms with Crippen LogP contribution in [0, 0.1) is 5.41 Å². The Labute approximate surface area is 189 Å². The summed E-state index contributed by atoms with van der Waals surface area (Å²) in [6.07, 6.45) is 3.39. The van der Waals surface area contributed by atoms with E-state index >= 15 is 0 Å². The van der Waals surface area contributed by atoms with Crippen molar-refractivity contribution in [2.75, 3.05) is 40.4 Å². The van der Waals surface area contributed by atoms with Crippen molar-refractivity contribution >= 4 is 17.2 Å². The summed E-state index contributed by atoms with van der Waals surface area (Å²) in [5.41, 5.74) is 1.93. The maximum atomic E-state index is 13.1. The molecule has 2 fully saturated rings. The molecule has 2 aliphatic rings. The van der Waals surface area contributed by atoms with E-state index in [1.165, 1.54) is 6.42 Å². The third-order valence-electron chi connectivity index (χ3n) is 6.58. The van der Waals surface area contributed by atoms with E-state index in [-0.39, 0.29) is 11.3 Å². The molecule has 2 aliphatic heterocycles. The topological polar surface area (TPSA) is 54.9 Å². The van der Waals surface area contributed by atoms with E-state index in [9.17, 15) is 4.79 Å². The summed E-state index contributed by atoms with van der Waals surface area (Å²) in [5, 5.41) is 2.96. The van der Waals surface area contributed by atoms with E-state index in [1.807, 2.05) is 22.4 Å². The van der Waals surface area contributed by atoms with Crippen LogP contribution in [0.25, 0.3) is 0 Å². The Morgan fingerprint density at radius 1 is 1.19 bits per heavy atom. The minimum absolute atomic E-state index is 0.0895. The van der Waals surface area contributed by atoms with E-state index in [0.717, 1.165) is 67.6 Å². The van der Waals surface area contributed by atoms with Gasteiger partial charge in [-0.1, -0.05) is 26.0 Å². The molecule has 31 heavy (non-hydrogen) atoms. The number of para-hydroxylation sites is 1. The molecule has 0 N–H and O–H groups in total. The lowest BCUT2D eigenvalue weighted by Gasteiger charge is -2.40. The van der Waals surface area contributed by atoms with E-state index < -0.39 is 0 Å². The fourth-order valence-corrected chi connectivity index (χ4v) is 5.83. The molecule has 7 heteroatoms. The van der Waals surface area contributed by atoms with E-state index in [2.05, 4.69) is 29.8 Å². The molecule has 1 unspecified atom stereocenters. The van der Waals surface area contributed by atoms with Gasteiger partial charge in [-0.2, -0.15) is 0 Å². The number of amides is 1. The minimum atomic E-state index is 0.0895. The summed E-state index contributed by atoms with van der Waals surface area (Å²) in [6, 6.07) is 6.07. The molecule has 2 saturated heterocycles. The molecule has 1 amide bonds. The SMILES string of the molecule is COc1cccc(CN2CCCC3(CCN(C(=O)c4csc(C(C)C)n4)C3)C2)c1OC. The van der Waals surface area contributed by atoms with Crippen molar-refractivity contribution < 1.29 is 14.3 Å². The minimum Gasteiger partial charge on any atom is -0.493 e. The van der Waals surface area contributed by atoms with Crippen LogP contribution in [0.5, 0.6) is 11.5 Å². The van der Waals surface area contributed by atoms with Crippen LogP contribution in [0.2, 0.25) is 0 Å². The van der Waals surface area contributed by atoms with Crippen molar-refractivity contribution in [1.82, 2.24) is 14.8 Å². The highest BCUT2D eigenvalue weighted by Crippen LogP contribution is 2.41. The Kier molecular flexibility index (Phi) is 6.53. The number of thiazole rings is 1. The zero-order valence-electron chi connectivity index (χ0n) is 19.0. The number of likely N-dealkylation sites (tertiary alicyclic amines) is 2. The first-order valence-corrected chi connectivity index (χ1v) is 12.0. The predicted molar refractivity (Wildman–Crippen MR) is 123 cm³/mol. The number of methoxy groups -OCH3 is 2. The highest BCUT2D eigenvalue weighted by Gasteiger charge is 2.43. The molecule has 4 rings (SSSR count). The largest absolute Gasteiger partial charge is 0.493 e. The maximum absolute atomic E-state index is 13.1. The maximum Gasteiger partial charge on any atom is 0.273 e. The second kappa shape index (κ2) is 9.17. The number of hydrogen-bond acceptors (Lipinski definition) is 6. The van der Waals surface area contributed by atoms with Gasteiger partial charge in [-0.05, 0) is 31.9 Å². The van der Waals surface area contributed by atoms with Gasteiger partial charge < -0.3 is 14.4 Å². The monoisotopic (exact) mass is 443 g/mol. The fourth-order valence-electron chi connectivity index (χ4n) is 5.02. The number of benzene rings is 1. The molecular formula is C24H33N3O3S. The molecule has 2 aromatic rings. The summed E-state index contributed by atoms with van der Waals surface area (Å²) in [5.74, 6) is 2.04. The van der Waals surface area contributed by atoms with Crippen LogP contribution >= 0.6 is 11.3 Å². The Morgan fingerprint density at radius 3 is 2.74 bits per heavy atom. The molecule has 6 nitrogen and oxygen atoms in total. The summed E-state index contributed by atoms with van der Waals surface area (Å²) in [4.78, 5) is 22.2. The third-order valence-corrected chi connectivity index (χ3v) is 7.72. The van der Waals surface area contributed by atoms with Crippen LogP contribution in [0.15, 0.2) is 23.6 Å². The number of hydrogen-bond donors (Lipinski definition) is 0. The van der Waals surface area contributed by atoms with Gasteiger partial charge in [-0.25, -0.2) is 4.98 Å². The quantitative estimate of drug-likeness (QED) is 0.662. The van der Waals surface area contributed by atoms with Crippen LogP contribution in [-0.2, 0) is 6.54 Å². The zero-order valence-corrected chi connectivity index (χ0v) is 19.8. The van der Waals surface area contributed by atoms with E-state index in [4.69, 9.17) is 9.47 Å². The molecule has 1 spiro atoms. The van der Waals surface area contributed by atoms with Crippen molar-refractivity contribution in [2.24, 2.45) is 5.41 Å². The normalized spacial score (nSPS) is 21.8. The first-order chi connectivity index (χ1) is 14.9. The van der Waals surface area contributed by atoms with Gasteiger partial charge in [0, 0.05) is 48.5 Å². The van der Waals surface area contributed by atoms with E-state index in [0.29, 0.717) is 11.6 Å². The molecule has 0 aliphatic carbocycles. The van der Waals surface area contributed by atoms with Crippen LogP contribution < -0.4 is 9.47 Å². The Morgan fingerprint density at radius 2 is 2.03 bits per heavy atom. The van der Waals surface area contributed by atoms with Crippen molar-refractivity contribution in [2.45, 2.75) is 45.6 Å². The Hall–Kier alpha value is -2.12. The first-order valence-electron chi connectivity index (χ1n) is 11.1. The number of rotatable bonds is 6. The van der Waals surface area contributed by atoms with Gasteiger partial charge in [0.05, 0.1) is 19.2 Å². The highest BCUT2D eigenvalue weighted by atomic mass is 32.1. The standard InChI is InChI=1S/C24H33N3O3S/c1-17(2)22-25-19(14-31-22)23(28)27-12-10-24(16-27)9-6-11-26(15-24)13-18-7-5-8-20(29-3)21(18)30-4/h5,7-8,14,17H,6,9-13,15-16H2,1-4H3.